The number of aryl methyl sites for hydroxylation is 2. The molecule has 1 aliphatic rings. The van der Waals surface area contributed by atoms with Crippen LogP contribution < -0.4 is 4.90 Å². The first-order valence-electron chi connectivity index (χ1n) is 9.90. The van der Waals surface area contributed by atoms with E-state index >= 15 is 0 Å². The molecule has 2 aromatic rings. The van der Waals surface area contributed by atoms with Crippen molar-refractivity contribution in [3.05, 3.63) is 40.0 Å². The van der Waals surface area contributed by atoms with Crippen LogP contribution in [0.5, 0.6) is 0 Å². The molecule has 0 unspecified atom stereocenters. The van der Waals surface area contributed by atoms with Crippen molar-refractivity contribution in [3.8, 4) is 0 Å². The summed E-state index contributed by atoms with van der Waals surface area (Å²) in [7, 11) is 0. The summed E-state index contributed by atoms with van der Waals surface area (Å²) >= 11 is 1.67. The summed E-state index contributed by atoms with van der Waals surface area (Å²) in [5.41, 5.74) is 1.01. The molecule has 0 aliphatic carbocycles. The molecule has 0 bridgehead atoms. The standard InChI is InChI=1S/C21H30N4OS/c1-5-10-25(21(26)16(3)19-7-6-13-27-19)18-8-11-24(12-9-18)20-14-15(2)22-17(4)23-20/h6-7,13-14,16,18H,5,8-12H2,1-4H3/t16-/m0/s1. The van der Waals surface area contributed by atoms with Gasteiger partial charge in [-0.25, -0.2) is 9.97 Å². The van der Waals surface area contributed by atoms with E-state index in [-0.39, 0.29) is 11.8 Å². The fourth-order valence-corrected chi connectivity index (χ4v) is 4.66. The molecule has 0 aromatic carbocycles. The number of hydrogen-bond donors (Lipinski definition) is 0. The first kappa shape index (κ1) is 19.8. The van der Waals surface area contributed by atoms with Gasteiger partial charge in [0, 0.05) is 42.3 Å². The maximum Gasteiger partial charge on any atom is 0.230 e. The van der Waals surface area contributed by atoms with Gasteiger partial charge in [0.15, 0.2) is 0 Å². The van der Waals surface area contributed by atoms with Crippen LogP contribution in [0.2, 0.25) is 0 Å². The summed E-state index contributed by atoms with van der Waals surface area (Å²) in [5, 5.41) is 2.05. The lowest BCUT2D eigenvalue weighted by molar-refractivity contribution is -0.135. The second kappa shape index (κ2) is 8.83. The van der Waals surface area contributed by atoms with Crippen LogP contribution in [-0.2, 0) is 4.79 Å². The molecular formula is C21H30N4OS. The summed E-state index contributed by atoms with van der Waals surface area (Å²) in [6.45, 7) is 10.8. The van der Waals surface area contributed by atoms with Gasteiger partial charge in [0.05, 0.1) is 5.92 Å². The largest absolute Gasteiger partial charge is 0.356 e. The summed E-state index contributed by atoms with van der Waals surface area (Å²) in [6.07, 6.45) is 2.98. The van der Waals surface area contributed by atoms with Gasteiger partial charge in [0.2, 0.25) is 5.91 Å². The van der Waals surface area contributed by atoms with E-state index < -0.39 is 0 Å². The molecule has 1 amide bonds. The average molecular weight is 387 g/mol. The number of rotatable bonds is 6. The van der Waals surface area contributed by atoms with Gasteiger partial charge in [0.1, 0.15) is 11.6 Å². The van der Waals surface area contributed by atoms with E-state index in [1.165, 1.54) is 0 Å². The highest BCUT2D eigenvalue weighted by Gasteiger charge is 2.31. The van der Waals surface area contributed by atoms with Crippen LogP contribution >= 0.6 is 11.3 Å². The Bertz CT molecular complexity index is 733. The third-order valence-electron chi connectivity index (χ3n) is 5.27. The summed E-state index contributed by atoms with van der Waals surface area (Å²) in [6, 6.07) is 6.47. The van der Waals surface area contributed by atoms with Crippen molar-refractivity contribution in [2.45, 2.75) is 58.9 Å². The van der Waals surface area contributed by atoms with E-state index in [0.717, 1.165) is 61.1 Å². The van der Waals surface area contributed by atoms with Crippen molar-refractivity contribution in [1.82, 2.24) is 14.9 Å². The Morgan fingerprint density at radius 3 is 2.67 bits per heavy atom. The Balaban J connectivity index is 1.67. The van der Waals surface area contributed by atoms with E-state index in [2.05, 4.69) is 38.8 Å². The maximum atomic E-state index is 13.2. The molecule has 6 heteroatoms. The number of carbonyl (C=O) groups excluding carboxylic acids is 1. The summed E-state index contributed by atoms with van der Waals surface area (Å²) < 4.78 is 0. The lowest BCUT2D eigenvalue weighted by atomic mass is 9.99. The molecule has 1 atom stereocenters. The van der Waals surface area contributed by atoms with Crippen molar-refractivity contribution in [1.29, 1.82) is 0 Å². The minimum absolute atomic E-state index is 0.0539. The molecule has 1 fully saturated rings. The van der Waals surface area contributed by atoms with Gasteiger partial charge in [-0.2, -0.15) is 0 Å². The third kappa shape index (κ3) is 4.67. The predicted octanol–water partition coefficient (Wildman–Crippen LogP) is 4.17. The number of hydrogen-bond acceptors (Lipinski definition) is 5. The Hall–Kier alpha value is -1.95. The quantitative estimate of drug-likeness (QED) is 0.748. The van der Waals surface area contributed by atoms with Gasteiger partial charge in [-0.05, 0) is 51.5 Å². The molecule has 1 saturated heterocycles. The fourth-order valence-electron chi connectivity index (χ4n) is 3.89. The van der Waals surface area contributed by atoms with Crippen molar-refractivity contribution in [2.75, 3.05) is 24.5 Å². The molecule has 1 aliphatic heterocycles. The molecule has 27 heavy (non-hydrogen) atoms. The fraction of sp³-hybridized carbons (Fsp3) is 0.571. The number of anilines is 1. The second-order valence-electron chi connectivity index (χ2n) is 7.40. The Morgan fingerprint density at radius 2 is 2.07 bits per heavy atom. The van der Waals surface area contributed by atoms with Gasteiger partial charge in [0.25, 0.3) is 0 Å². The Kier molecular flexibility index (Phi) is 6.47. The highest BCUT2D eigenvalue weighted by molar-refractivity contribution is 7.10. The van der Waals surface area contributed by atoms with E-state index in [0.29, 0.717) is 6.04 Å². The van der Waals surface area contributed by atoms with Crippen LogP contribution in [-0.4, -0.2) is 46.5 Å². The monoisotopic (exact) mass is 386 g/mol. The molecule has 0 saturated carbocycles. The van der Waals surface area contributed by atoms with E-state index in [9.17, 15) is 4.79 Å². The summed E-state index contributed by atoms with van der Waals surface area (Å²) in [5.74, 6) is 2.05. The van der Waals surface area contributed by atoms with Crippen molar-refractivity contribution >= 4 is 23.1 Å². The number of carbonyl (C=O) groups is 1. The first-order valence-corrected chi connectivity index (χ1v) is 10.8. The van der Waals surface area contributed by atoms with Crippen molar-refractivity contribution < 1.29 is 4.79 Å². The third-order valence-corrected chi connectivity index (χ3v) is 6.32. The van der Waals surface area contributed by atoms with Crippen molar-refractivity contribution in [2.24, 2.45) is 0 Å². The van der Waals surface area contributed by atoms with Gasteiger partial charge < -0.3 is 9.80 Å². The molecule has 3 rings (SSSR count). The average Bonchev–Trinajstić information content (AvgIpc) is 3.19. The van der Waals surface area contributed by atoms with E-state index in [1.807, 2.05) is 32.2 Å². The van der Waals surface area contributed by atoms with Crippen LogP contribution in [0, 0.1) is 13.8 Å². The molecule has 0 N–H and O–H groups in total. The van der Waals surface area contributed by atoms with Gasteiger partial charge in [-0.3, -0.25) is 4.79 Å². The molecule has 2 aromatic heterocycles. The Labute approximate surface area is 166 Å². The number of aromatic nitrogens is 2. The molecule has 146 valence electrons. The zero-order valence-corrected chi connectivity index (χ0v) is 17.6. The molecular weight excluding hydrogens is 356 g/mol. The predicted molar refractivity (Wildman–Crippen MR) is 111 cm³/mol. The van der Waals surface area contributed by atoms with Crippen LogP contribution in [0.25, 0.3) is 0 Å². The second-order valence-corrected chi connectivity index (χ2v) is 8.38. The highest BCUT2D eigenvalue weighted by atomic mass is 32.1. The zero-order chi connectivity index (χ0) is 19.4. The Morgan fingerprint density at radius 1 is 1.33 bits per heavy atom. The SMILES string of the molecule is CCCN(C(=O)[C@@H](C)c1cccs1)C1CCN(c2cc(C)nc(C)n2)CC1. The highest BCUT2D eigenvalue weighted by Crippen LogP contribution is 2.27. The number of piperidine rings is 1. The first-order chi connectivity index (χ1) is 13.0. The van der Waals surface area contributed by atoms with E-state index in [1.54, 1.807) is 11.3 Å². The van der Waals surface area contributed by atoms with Crippen molar-refractivity contribution in [3.63, 3.8) is 0 Å². The van der Waals surface area contributed by atoms with Crippen LogP contribution in [0.4, 0.5) is 5.82 Å². The van der Waals surface area contributed by atoms with Gasteiger partial charge in [-0.15, -0.1) is 11.3 Å². The van der Waals surface area contributed by atoms with Crippen LogP contribution in [0.1, 0.15) is 55.4 Å². The maximum absolute atomic E-state index is 13.2. The topological polar surface area (TPSA) is 49.3 Å². The molecule has 3 heterocycles. The normalized spacial score (nSPS) is 16.4. The van der Waals surface area contributed by atoms with Crippen LogP contribution in [0.3, 0.4) is 0 Å². The minimum atomic E-state index is -0.0539. The molecule has 0 radical (unpaired) electrons. The van der Waals surface area contributed by atoms with Gasteiger partial charge >= 0.3 is 0 Å². The number of nitrogens with zero attached hydrogens (tertiary/aromatic N) is 4. The lowest BCUT2D eigenvalue weighted by Gasteiger charge is -2.40. The van der Waals surface area contributed by atoms with E-state index in [4.69, 9.17) is 0 Å². The number of thiophene rings is 1. The smallest absolute Gasteiger partial charge is 0.230 e. The molecule has 0 spiro atoms. The summed E-state index contributed by atoms with van der Waals surface area (Å²) in [4.78, 5) is 27.8. The lowest BCUT2D eigenvalue weighted by Crippen LogP contribution is -2.49. The van der Waals surface area contributed by atoms with Crippen LogP contribution in [0.15, 0.2) is 23.6 Å². The minimum Gasteiger partial charge on any atom is -0.356 e. The van der Waals surface area contributed by atoms with Gasteiger partial charge in [-0.1, -0.05) is 13.0 Å². The number of amides is 1. The zero-order valence-electron chi connectivity index (χ0n) is 16.8. The molecule has 5 nitrogen and oxygen atoms in total.